The summed E-state index contributed by atoms with van der Waals surface area (Å²) in [5.41, 5.74) is 0.517. The Bertz CT molecular complexity index is 489. The van der Waals surface area contributed by atoms with Gasteiger partial charge in [-0.3, -0.25) is 0 Å². The Balaban J connectivity index is 2.09. The minimum absolute atomic E-state index is 0.179. The van der Waals surface area contributed by atoms with E-state index in [4.69, 9.17) is 5.11 Å². The van der Waals surface area contributed by atoms with Crippen molar-refractivity contribution in [2.75, 3.05) is 13.6 Å². The number of aliphatic hydroxyl groups is 1. The molecule has 1 fully saturated rings. The maximum Gasteiger partial charge on any atom is 0.244 e. The van der Waals surface area contributed by atoms with Crippen molar-refractivity contribution in [1.29, 1.82) is 0 Å². The fourth-order valence-corrected chi connectivity index (χ4v) is 3.76. The van der Waals surface area contributed by atoms with E-state index in [1.165, 1.54) is 29.4 Å². The zero-order valence-electron chi connectivity index (χ0n) is 10.6. The fourth-order valence-electron chi connectivity index (χ4n) is 2.49. The van der Waals surface area contributed by atoms with E-state index in [2.05, 4.69) is 4.98 Å². The van der Waals surface area contributed by atoms with E-state index in [1.807, 2.05) is 0 Å². The third-order valence-electron chi connectivity index (χ3n) is 3.58. The van der Waals surface area contributed by atoms with Gasteiger partial charge < -0.3 is 10.1 Å². The third kappa shape index (κ3) is 2.76. The van der Waals surface area contributed by atoms with Gasteiger partial charge in [-0.15, -0.1) is 0 Å². The lowest BCUT2D eigenvalue weighted by atomic mass is 10.1. The first kappa shape index (κ1) is 13.6. The largest absolute Gasteiger partial charge is 0.390 e. The normalized spacial score (nSPS) is 17.7. The van der Waals surface area contributed by atoms with Gasteiger partial charge in [-0.1, -0.05) is 12.8 Å². The molecule has 102 valence electrons. The molecule has 1 heterocycles. The number of aromatic amines is 1. The number of sulfonamides is 1. The monoisotopic (exact) mass is 272 g/mol. The van der Waals surface area contributed by atoms with Crippen LogP contribution in [-0.2, 0) is 16.6 Å². The van der Waals surface area contributed by atoms with E-state index >= 15 is 0 Å². The van der Waals surface area contributed by atoms with E-state index in [1.54, 1.807) is 7.05 Å². The van der Waals surface area contributed by atoms with E-state index in [0.29, 0.717) is 18.2 Å². The summed E-state index contributed by atoms with van der Waals surface area (Å²) in [6.45, 7) is 0.407. The van der Waals surface area contributed by atoms with Gasteiger partial charge in [0.15, 0.2) is 0 Å². The second-order valence-electron chi connectivity index (χ2n) is 4.95. The first-order chi connectivity index (χ1) is 8.54. The van der Waals surface area contributed by atoms with Gasteiger partial charge in [0, 0.05) is 25.5 Å². The number of aliphatic hydroxyl groups excluding tert-OH is 1. The summed E-state index contributed by atoms with van der Waals surface area (Å²) in [5.74, 6) is 0.487. The molecule has 1 aromatic heterocycles. The number of hydrogen-bond donors (Lipinski definition) is 2. The zero-order valence-corrected chi connectivity index (χ0v) is 11.4. The van der Waals surface area contributed by atoms with Gasteiger partial charge >= 0.3 is 0 Å². The topological polar surface area (TPSA) is 73.4 Å². The summed E-state index contributed by atoms with van der Waals surface area (Å²) < 4.78 is 26.0. The first-order valence-electron chi connectivity index (χ1n) is 6.28. The van der Waals surface area contributed by atoms with Crippen LogP contribution in [-0.4, -0.2) is 36.4 Å². The minimum atomic E-state index is -3.42. The molecule has 0 saturated heterocycles. The summed E-state index contributed by atoms with van der Waals surface area (Å²) in [6.07, 6.45) is 6.09. The molecule has 0 aromatic carbocycles. The molecule has 1 saturated carbocycles. The van der Waals surface area contributed by atoms with Crippen molar-refractivity contribution in [3.63, 3.8) is 0 Å². The van der Waals surface area contributed by atoms with Crippen LogP contribution in [0.1, 0.15) is 31.4 Å². The smallest absolute Gasteiger partial charge is 0.244 e. The maximum atomic E-state index is 12.3. The lowest BCUT2D eigenvalue weighted by molar-refractivity contribution is 0.277. The van der Waals surface area contributed by atoms with Crippen LogP contribution in [0.15, 0.2) is 17.2 Å². The highest BCUT2D eigenvalue weighted by molar-refractivity contribution is 7.89. The molecule has 2 rings (SSSR count). The molecule has 0 atom stereocenters. The van der Waals surface area contributed by atoms with Gasteiger partial charge in [0.2, 0.25) is 10.0 Å². The van der Waals surface area contributed by atoms with Crippen molar-refractivity contribution in [1.82, 2.24) is 9.29 Å². The van der Waals surface area contributed by atoms with E-state index in [0.717, 1.165) is 12.8 Å². The van der Waals surface area contributed by atoms with Crippen LogP contribution >= 0.6 is 0 Å². The summed E-state index contributed by atoms with van der Waals surface area (Å²) >= 11 is 0. The second-order valence-corrected chi connectivity index (χ2v) is 7.00. The Hall–Kier alpha value is -0.850. The zero-order chi connectivity index (χ0) is 13.2. The molecule has 0 spiro atoms. The lowest BCUT2D eigenvalue weighted by Crippen LogP contribution is -2.31. The van der Waals surface area contributed by atoms with E-state index in [9.17, 15) is 8.42 Å². The highest BCUT2D eigenvalue weighted by Crippen LogP contribution is 2.27. The van der Waals surface area contributed by atoms with Crippen LogP contribution in [0, 0.1) is 5.92 Å². The Labute approximate surface area is 108 Å². The Morgan fingerprint density at radius 2 is 2.11 bits per heavy atom. The van der Waals surface area contributed by atoms with Gasteiger partial charge in [-0.2, -0.15) is 0 Å². The lowest BCUT2D eigenvalue weighted by Gasteiger charge is -2.19. The van der Waals surface area contributed by atoms with Crippen molar-refractivity contribution in [2.24, 2.45) is 5.92 Å². The highest BCUT2D eigenvalue weighted by Gasteiger charge is 2.26. The molecule has 6 heteroatoms. The van der Waals surface area contributed by atoms with Crippen molar-refractivity contribution >= 4 is 10.0 Å². The molecular weight excluding hydrogens is 252 g/mol. The van der Waals surface area contributed by atoms with Crippen molar-refractivity contribution in [3.8, 4) is 0 Å². The number of aromatic nitrogens is 1. The Morgan fingerprint density at radius 3 is 2.67 bits per heavy atom. The fraction of sp³-hybridized carbons (Fsp3) is 0.667. The minimum Gasteiger partial charge on any atom is -0.390 e. The van der Waals surface area contributed by atoms with Crippen LogP contribution in [0.4, 0.5) is 0 Å². The number of hydrogen-bond acceptors (Lipinski definition) is 3. The quantitative estimate of drug-likeness (QED) is 0.849. The van der Waals surface area contributed by atoms with Gasteiger partial charge in [0.1, 0.15) is 0 Å². The van der Waals surface area contributed by atoms with Crippen LogP contribution in [0.3, 0.4) is 0 Å². The number of H-pyrrole nitrogens is 1. The van der Waals surface area contributed by atoms with Gasteiger partial charge in [0.25, 0.3) is 0 Å². The molecule has 1 aliphatic carbocycles. The summed E-state index contributed by atoms with van der Waals surface area (Å²) in [7, 11) is -1.80. The first-order valence-corrected chi connectivity index (χ1v) is 7.72. The van der Waals surface area contributed by atoms with Gasteiger partial charge in [0.05, 0.1) is 11.5 Å². The van der Waals surface area contributed by atoms with Gasteiger partial charge in [-0.05, 0) is 24.8 Å². The molecule has 1 aliphatic rings. The number of nitrogens with one attached hydrogen (secondary N) is 1. The number of rotatable bonds is 5. The second kappa shape index (κ2) is 5.42. The molecule has 5 nitrogen and oxygen atoms in total. The van der Waals surface area contributed by atoms with E-state index in [-0.39, 0.29) is 11.5 Å². The number of nitrogens with zero attached hydrogens (tertiary/aromatic N) is 1. The maximum absolute atomic E-state index is 12.3. The molecule has 2 N–H and O–H groups in total. The summed E-state index contributed by atoms with van der Waals surface area (Å²) in [4.78, 5) is 2.98. The predicted molar refractivity (Wildman–Crippen MR) is 68.5 cm³/mol. The molecule has 0 bridgehead atoms. The molecule has 0 aliphatic heterocycles. The van der Waals surface area contributed by atoms with E-state index < -0.39 is 10.0 Å². The van der Waals surface area contributed by atoms with Crippen molar-refractivity contribution in [2.45, 2.75) is 37.2 Å². The van der Waals surface area contributed by atoms with Crippen molar-refractivity contribution < 1.29 is 13.5 Å². The molecule has 0 radical (unpaired) electrons. The van der Waals surface area contributed by atoms with Crippen LogP contribution in [0.25, 0.3) is 0 Å². The molecule has 0 unspecified atom stereocenters. The van der Waals surface area contributed by atoms with Crippen LogP contribution in [0.5, 0.6) is 0 Å². The predicted octanol–water partition coefficient (Wildman–Crippen LogP) is 1.32. The molecule has 18 heavy (non-hydrogen) atoms. The Morgan fingerprint density at radius 1 is 1.44 bits per heavy atom. The molecule has 1 aromatic rings. The van der Waals surface area contributed by atoms with Crippen LogP contribution in [0.2, 0.25) is 0 Å². The average molecular weight is 272 g/mol. The van der Waals surface area contributed by atoms with Crippen molar-refractivity contribution in [3.05, 3.63) is 18.0 Å². The molecule has 0 amide bonds. The standard InChI is InChI=1S/C12H20N2O3S/c1-14(8-10-4-2-3-5-10)18(16,17)12-6-11(9-15)13-7-12/h6-7,10,13,15H,2-5,8-9H2,1H3. The summed E-state index contributed by atoms with van der Waals surface area (Å²) in [5, 5.41) is 8.95. The summed E-state index contributed by atoms with van der Waals surface area (Å²) in [6, 6.07) is 1.49. The highest BCUT2D eigenvalue weighted by atomic mass is 32.2. The SMILES string of the molecule is CN(CC1CCCC1)S(=O)(=O)c1c[nH]c(CO)c1. The van der Waals surface area contributed by atoms with Gasteiger partial charge in [-0.25, -0.2) is 12.7 Å². The van der Waals surface area contributed by atoms with Crippen LogP contribution < -0.4 is 0 Å². The Kier molecular flexibility index (Phi) is 4.09. The average Bonchev–Trinajstić information content (AvgIpc) is 2.99. The third-order valence-corrected chi connectivity index (χ3v) is 5.39. The molecular formula is C12H20N2O3S.